The summed E-state index contributed by atoms with van der Waals surface area (Å²) in [6.45, 7) is 7.63. The smallest absolute Gasteiger partial charge is 0.215 e. The fraction of sp³-hybridized carbons (Fsp3) is 0.688. The van der Waals surface area contributed by atoms with Gasteiger partial charge in [0.05, 0.1) is 13.2 Å². The maximum Gasteiger partial charge on any atom is 0.215 e. The number of likely N-dealkylation sites (tertiary alicyclic amines) is 1. The van der Waals surface area contributed by atoms with E-state index in [9.17, 15) is 0 Å². The number of nitrogens with zero attached hydrogens (tertiary/aromatic N) is 3. The first-order chi connectivity index (χ1) is 10.4. The Morgan fingerprint density at radius 3 is 2.71 bits per heavy atom. The van der Waals surface area contributed by atoms with E-state index in [4.69, 9.17) is 9.47 Å². The fourth-order valence-corrected chi connectivity index (χ4v) is 2.96. The number of hydrogen-bond donors (Lipinski definition) is 0. The zero-order valence-corrected chi connectivity index (χ0v) is 12.7. The number of pyridine rings is 1. The standard InChI is InChI=1S/C16H25N3O2/c1-2-6-18(7-3-1)8-13-21-16-14-15(4-5-17-16)19-9-11-20-12-10-19/h4-5,14H,1-3,6-13H2. The molecule has 0 N–H and O–H groups in total. The Morgan fingerprint density at radius 1 is 1.10 bits per heavy atom. The van der Waals surface area contributed by atoms with Crippen molar-refractivity contribution in [1.82, 2.24) is 9.88 Å². The molecule has 1 aromatic rings. The molecule has 2 aliphatic heterocycles. The maximum absolute atomic E-state index is 5.83. The van der Waals surface area contributed by atoms with E-state index < -0.39 is 0 Å². The lowest BCUT2D eigenvalue weighted by molar-refractivity contribution is 0.122. The molecular weight excluding hydrogens is 266 g/mol. The fourth-order valence-electron chi connectivity index (χ4n) is 2.96. The van der Waals surface area contributed by atoms with Gasteiger partial charge in [-0.2, -0.15) is 0 Å². The van der Waals surface area contributed by atoms with E-state index in [2.05, 4.69) is 14.8 Å². The van der Waals surface area contributed by atoms with Crippen molar-refractivity contribution in [3.63, 3.8) is 0 Å². The van der Waals surface area contributed by atoms with Crippen molar-refractivity contribution in [3.05, 3.63) is 18.3 Å². The van der Waals surface area contributed by atoms with Crippen molar-refractivity contribution in [2.75, 3.05) is 57.4 Å². The maximum atomic E-state index is 5.83. The molecule has 0 bridgehead atoms. The molecule has 0 radical (unpaired) electrons. The van der Waals surface area contributed by atoms with Crippen LogP contribution in [0.25, 0.3) is 0 Å². The Balaban J connectivity index is 1.48. The van der Waals surface area contributed by atoms with Crippen LogP contribution in [-0.4, -0.2) is 62.4 Å². The number of morpholine rings is 1. The zero-order valence-electron chi connectivity index (χ0n) is 12.7. The van der Waals surface area contributed by atoms with E-state index in [0.29, 0.717) is 0 Å². The average Bonchev–Trinajstić information content (AvgIpc) is 2.57. The summed E-state index contributed by atoms with van der Waals surface area (Å²) in [6.07, 6.45) is 5.86. The number of hydrogen-bond acceptors (Lipinski definition) is 5. The lowest BCUT2D eigenvalue weighted by Crippen LogP contribution is -2.36. The summed E-state index contributed by atoms with van der Waals surface area (Å²) >= 11 is 0. The van der Waals surface area contributed by atoms with E-state index in [0.717, 1.165) is 45.3 Å². The second-order valence-corrected chi connectivity index (χ2v) is 5.70. The van der Waals surface area contributed by atoms with Crippen LogP contribution in [0.15, 0.2) is 18.3 Å². The van der Waals surface area contributed by atoms with Crippen molar-refractivity contribution in [2.45, 2.75) is 19.3 Å². The van der Waals surface area contributed by atoms with Gasteiger partial charge in [0.15, 0.2) is 0 Å². The minimum absolute atomic E-state index is 0.722. The predicted octanol–water partition coefficient (Wildman–Crippen LogP) is 1.78. The molecule has 2 aliphatic rings. The van der Waals surface area contributed by atoms with Crippen molar-refractivity contribution < 1.29 is 9.47 Å². The molecule has 3 heterocycles. The minimum atomic E-state index is 0.722. The minimum Gasteiger partial charge on any atom is -0.476 e. The molecule has 0 aliphatic carbocycles. The molecule has 3 rings (SSSR count). The molecule has 5 heteroatoms. The van der Waals surface area contributed by atoms with E-state index in [1.54, 1.807) is 0 Å². The highest BCUT2D eigenvalue weighted by atomic mass is 16.5. The summed E-state index contributed by atoms with van der Waals surface area (Å²) in [7, 11) is 0. The molecule has 0 spiro atoms. The third kappa shape index (κ3) is 4.32. The van der Waals surface area contributed by atoms with Gasteiger partial charge in [0.2, 0.25) is 5.88 Å². The van der Waals surface area contributed by atoms with Crippen LogP contribution in [0.2, 0.25) is 0 Å². The number of ether oxygens (including phenoxy) is 2. The van der Waals surface area contributed by atoms with Gasteiger partial charge in [-0.05, 0) is 32.0 Å². The SMILES string of the molecule is c1cc(N2CCOCC2)cc(OCCN2CCCCC2)n1. The third-order valence-electron chi connectivity index (χ3n) is 4.20. The van der Waals surface area contributed by atoms with Gasteiger partial charge in [0, 0.05) is 37.6 Å². The van der Waals surface area contributed by atoms with Crippen LogP contribution in [0.3, 0.4) is 0 Å². The lowest BCUT2D eigenvalue weighted by Gasteiger charge is -2.29. The van der Waals surface area contributed by atoms with E-state index in [1.807, 2.05) is 18.3 Å². The first-order valence-electron chi connectivity index (χ1n) is 8.06. The first-order valence-corrected chi connectivity index (χ1v) is 8.06. The summed E-state index contributed by atoms with van der Waals surface area (Å²) < 4.78 is 11.2. The Hall–Kier alpha value is -1.33. The largest absolute Gasteiger partial charge is 0.476 e. The molecule has 1 aromatic heterocycles. The van der Waals surface area contributed by atoms with E-state index in [-0.39, 0.29) is 0 Å². The Labute approximate surface area is 126 Å². The summed E-state index contributed by atoms with van der Waals surface area (Å²) in [5, 5.41) is 0. The van der Waals surface area contributed by atoms with Crippen molar-refractivity contribution in [1.29, 1.82) is 0 Å². The molecule has 116 valence electrons. The molecule has 0 saturated carbocycles. The first kappa shape index (κ1) is 14.6. The van der Waals surface area contributed by atoms with E-state index in [1.165, 1.54) is 38.0 Å². The molecule has 0 aromatic carbocycles. The van der Waals surface area contributed by atoms with Crippen molar-refractivity contribution >= 4 is 5.69 Å². The van der Waals surface area contributed by atoms with Crippen LogP contribution < -0.4 is 9.64 Å². The highest BCUT2D eigenvalue weighted by Gasteiger charge is 2.13. The van der Waals surface area contributed by atoms with Gasteiger partial charge in [0.1, 0.15) is 6.61 Å². The monoisotopic (exact) mass is 291 g/mol. The van der Waals surface area contributed by atoms with Crippen LogP contribution in [0.5, 0.6) is 5.88 Å². The summed E-state index contributed by atoms with van der Waals surface area (Å²) in [6, 6.07) is 4.09. The summed E-state index contributed by atoms with van der Waals surface area (Å²) in [4.78, 5) is 9.12. The Morgan fingerprint density at radius 2 is 1.90 bits per heavy atom. The molecule has 2 fully saturated rings. The number of rotatable bonds is 5. The van der Waals surface area contributed by atoms with Crippen LogP contribution in [-0.2, 0) is 4.74 Å². The predicted molar refractivity (Wildman–Crippen MR) is 83.1 cm³/mol. The highest BCUT2D eigenvalue weighted by Crippen LogP contribution is 2.19. The van der Waals surface area contributed by atoms with Crippen molar-refractivity contribution in [3.8, 4) is 5.88 Å². The van der Waals surface area contributed by atoms with Crippen LogP contribution in [0.1, 0.15) is 19.3 Å². The summed E-state index contributed by atoms with van der Waals surface area (Å²) in [5.41, 5.74) is 1.18. The van der Waals surface area contributed by atoms with Crippen molar-refractivity contribution in [2.24, 2.45) is 0 Å². The van der Waals surface area contributed by atoms with Crippen LogP contribution in [0, 0.1) is 0 Å². The topological polar surface area (TPSA) is 37.8 Å². The van der Waals surface area contributed by atoms with Gasteiger partial charge in [-0.15, -0.1) is 0 Å². The van der Waals surface area contributed by atoms with Gasteiger partial charge in [-0.25, -0.2) is 4.98 Å². The second kappa shape index (κ2) is 7.61. The lowest BCUT2D eigenvalue weighted by atomic mass is 10.1. The molecule has 5 nitrogen and oxygen atoms in total. The third-order valence-corrected chi connectivity index (χ3v) is 4.20. The number of piperidine rings is 1. The number of anilines is 1. The van der Waals surface area contributed by atoms with Gasteiger partial charge < -0.3 is 14.4 Å². The van der Waals surface area contributed by atoms with Crippen LogP contribution in [0.4, 0.5) is 5.69 Å². The normalized spacial score (nSPS) is 20.5. The molecule has 0 amide bonds. The quantitative estimate of drug-likeness (QED) is 0.827. The highest BCUT2D eigenvalue weighted by molar-refractivity contribution is 5.48. The zero-order chi connectivity index (χ0) is 14.3. The molecule has 0 unspecified atom stereocenters. The Kier molecular flexibility index (Phi) is 5.29. The Bertz CT molecular complexity index is 429. The molecule has 0 atom stereocenters. The molecular formula is C16H25N3O2. The second-order valence-electron chi connectivity index (χ2n) is 5.70. The number of aromatic nitrogens is 1. The van der Waals surface area contributed by atoms with Gasteiger partial charge >= 0.3 is 0 Å². The van der Waals surface area contributed by atoms with Gasteiger partial charge in [0.25, 0.3) is 0 Å². The van der Waals surface area contributed by atoms with E-state index >= 15 is 0 Å². The summed E-state index contributed by atoms with van der Waals surface area (Å²) in [5.74, 6) is 0.732. The van der Waals surface area contributed by atoms with Gasteiger partial charge in [-0.1, -0.05) is 6.42 Å². The molecule has 2 saturated heterocycles. The van der Waals surface area contributed by atoms with Crippen LogP contribution >= 0.6 is 0 Å². The average molecular weight is 291 g/mol. The van der Waals surface area contributed by atoms with Gasteiger partial charge in [-0.3, -0.25) is 4.90 Å². The molecule has 21 heavy (non-hydrogen) atoms.